The first-order valence-corrected chi connectivity index (χ1v) is 11.8. The highest BCUT2D eigenvalue weighted by Gasteiger charge is 2.46. The van der Waals surface area contributed by atoms with Gasteiger partial charge < -0.3 is 14.8 Å². The lowest BCUT2D eigenvalue weighted by Crippen LogP contribution is -2.48. The van der Waals surface area contributed by atoms with Gasteiger partial charge in [0.1, 0.15) is 0 Å². The number of rotatable bonds is 8. The van der Waals surface area contributed by atoms with Crippen molar-refractivity contribution in [2.75, 3.05) is 26.3 Å². The minimum Gasteiger partial charge on any atom is -0.465 e. The third kappa shape index (κ3) is 4.87. The minimum absolute atomic E-state index is 0.146. The Labute approximate surface area is 196 Å². The number of piperidine rings is 1. The van der Waals surface area contributed by atoms with Crippen LogP contribution in [0.5, 0.6) is 0 Å². The highest BCUT2D eigenvalue weighted by Crippen LogP contribution is 2.43. The van der Waals surface area contributed by atoms with E-state index in [1.54, 1.807) is 12.4 Å². The summed E-state index contributed by atoms with van der Waals surface area (Å²) in [6.45, 7) is 7.29. The number of aromatic nitrogens is 1. The molecule has 1 saturated heterocycles. The molecule has 1 aromatic carbocycles. The monoisotopic (exact) mass is 447 g/mol. The SMILES string of the molecule is CCOC(=O)C1(C2=CNC(OCC)(c3cccnc3)C=C2)CCN(Cc2ccccc2)CC1. The number of nitrogens with one attached hydrogen (secondary N) is 1. The summed E-state index contributed by atoms with van der Waals surface area (Å²) in [5.41, 5.74) is 1.69. The van der Waals surface area contributed by atoms with Crippen LogP contribution in [0.3, 0.4) is 0 Å². The van der Waals surface area contributed by atoms with Crippen LogP contribution in [0, 0.1) is 5.41 Å². The molecule has 1 atom stereocenters. The smallest absolute Gasteiger partial charge is 0.316 e. The number of benzene rings is 1. The second kappa shape index (κ2) is 10.3. The van der Waals surface area contributed by atoms with E-state index in [1.807, 2.05) is 50.4 Å². The molecular weight excluding hydrogens is 414 g/mol. The molecule has 1 unspecified atom stereocenters. The number of dihydropyridines is 1. The average molecular weight is 448 g/mol. The summed E-state index contributed by atoms with van der Waals surface area (Å²) in [7, 11) is 0. The molecule has 1 aromatic heterocycles. The summed E-state index contributed by atoms with van der Waals surface area (Å²) in [6, 6.07) is 14.4. The number of carbonyl (C=O) groups excluding carboxylic acids is 1. The number of hydrogen-bond donors (Lipinski definition) is 1. The van der Waals surface area contributed by atoms with Gasteiger partial charge in [-0.15, -0.1) is 0 Å². The van der Waals surface area contributed by atoms with E-state index in [0.717, 1.165) is 30.8 Å². The van der Waals surface area contributed by atoms with Crippen LogP contribution in [-0.2, 0) is 26.5 Å². The molecule has 4 rings (SSSR count). The van der Waals surface area contributed by atoms with Crippen LogP contribution in [0.2, 0.25) is 0 Å². The van der Waals surface area contributed by atoms with Gasteiger partial charge >= 0.3 is 5.97 Å². The van der Waals surface area contributed by atoms with Gasteiger partial charge in [-0.1, -0.05) is 42.5 Å². The van der Waals surface area contributed by atoms with E-state index in [-0.39, 0.29) is 5.97 Å². The number of hydrogen-bond acceptors (Lipinski definition) is 6. The van der Waals surface area contributed by atoms with Gasteiger partial charge in [0.25, 0.3) is 0 Å². The van der Waals surface area contributed by atoms with E-state index in [4.69, 9.17) is 9.47 Å². The predicted molar refractivity (Wildman–Crippen MR) is 128 cm³/mol. The van der Waals surface area contributed by atoms with Gasteiger partial charge in [0.15, 0.2) is 5.72 Å². The zero-order valence-corrected chi connectivity index (χ0v) is 19.5. The van der Waals surface area contributed by atoms with Crippen molar-refractivity contribution in [1.29, 1.82) is 0 Å². The lowest BCUT2D eigenvalue weighted by Gasteiger charge is -2.43. The maximum atomic E-state index is 13.3. The summed E-state index contributed by atoms with van der Waals surface area (Å²) in [6.07, 6.45) is 10.9. The molecule has 0 radical (unpaired) electrons. The first kappa shape index (κ1) is 23.2. The summed E-state index contributed by atoms with van der Waals surface area (Å²) in [4.78, 5) is 19.9. The molecule has 0 bridgehead atoms. The van der Waals surface area contributed by atoms with Crippen molar-refractivity contribution in [3.63, 3.8) is 0 Å². The molecule has 0 aliphatic carbocycles. The molecule has 0 amide bonds. The highest BCUT2D eigenvalue weighted by molar-refractivity contribution is 5.82. The first-order valence-electron chi connectivity index (χ1n) is 11.8. The number of allylic oxidation sites excluding steroid dienone is 1. The van der Waals surface area contributed by atoms with Crippen molar-refractivity contribution in [3.8, 4) is 0 Å². The fourth-order valence-corrected chi connectivity index (χ4v) is 4.76. The van der Waals surface area contributed by atoms with Gasteiger partial charge in [-0.25, -0.2) is 0 Å². The van der Waals surface area contributed by atoms with Crippen LogP contribution in [0.4, 0.5) is 0 Å². The number of pyridine rings is 1. The standard InChI is InChI=1S/C27H33N3O3/c1-3-32-25(31)26(14-17-30(18-15-26)21-22-9-6-5-7-10-22)23-12-13-27(29-20-23,33-4-2)24-11-8-16-28-19-24/h5-13,16,19-20,29H,3-4,14-15,17-18,21H2,1-2H3. The van der Waals surface area contributed by atoms with Crippen molar-refractivity contribution >= 4 is 5.97 Å². The van der Waals surface area contributed by atoms with Crippen molar-refractivity contribution < 1.29 is 14.3 Å². The molecule has 2 aliphatic heterocycles. The van der Waals surface area contributed by atoms with Crippen LogP contribution >= 0.6 is 0 Å². The molecule has 2 aromatic rings. The van der Waals surface area contributed by atoms with Crippen LogP contribution in [0.25, 0.3) is 0 Å². The van der Waals surface area contributed by atoms with E-state index in [1.165, 1.54) is 5.56 Å². The lowest BCUT2D eigenvalue weighted by atomic mass is 9.71. The zero-order chi connectivity index (χ0) is 23.2. The predicted octanol–water partition coefficient (Wildman–Crippen LogP) is 4.16. The van der Waals surface area contributed by atoms with Gasteiger partial charge in [-0.3, -0.25) is 14.7 Å². The fourth-order valence-electron chi connectivity index (χ4n) is 4.76. The number of nitrogens with zero attached hydrogens (tertiary/aromatic N) is 2. The summed E-state index contributed by atoms with van der Waals surface area (Å²) in [5.74, 6) is -0.146. The molecule has 1 N–H and O–H groups in total. The Morgan fingerprint density at radius 2 is 1.88 bits per heavy atom. The molecule has 3 heterocycles. The van der Waals surface area contributed by atoms with Crippen molar-refractivity contribution in [2.45, 2.75) is 39.0 Å². The number of esters is 1. The van der Waals surface area contributed by atoms with Crippen LogP contribution < -0.4 is 5.32 Å². The highest BCUT2D eigenvalue weighted by atomic mass is 16.5. The average Bonchev–Trinajstić information content (AvgIpc) is 2.87. The van der Waals surface area contributed by atoms with Gasteiger partial charge in [0, 0.05) is 37.3 Å². The number of ether oxygens (including phenoxy) is 2. The van der Waals surface area contributed by atoms with Crippen molar-refractivity contribution in [3.05, 3.63) is 89.9 Å². The topological polar surface area (TPSA) is 63.7 Å². The Balaban J connectivity index is 1.55. The fraction of sp³-hybridized carbons (Fsp3) is 0.407. The Morgan fingerprint density at radius 3 is 2.48 bits per heavy atom. The van der Waals surface area contributed by atoms with E-state index >= 15 is 0 Å². The molecule has 0 spiro atoms. The van der Waals surface area contributed by atoms with Crippen LogP contribution in [0.1, 0.15) is 37.8 Å². The zero-order valence-electron chi connectivity index (χ0n) is 19.5. The second-order valence-corrected chi connectivity index (χ2v) is 8.55. The number of likely N-dealkylation sites (tertiary alicyclic amines) is 1. The molecule has 0 saturated carbocycles. The molecule has 6 nitrogen and oxygen atoms in total. The maximum absolute atomic E-state index is 13.3. The van der Waals surface area contributed by atoms with Gasteiger partial charge in [-0.2, -0.15) is 0 Å². The lowest BCUT2D eigenvalue weighted by molar-refractivity contribution is -0.155. The van der Waals surface area contributed by atoms with E-state index in [2.05, 4.69) is 39.5 Å². The third-order valence-corrected chi connectivity index (χ3v) is 6.58. The Kier molecular flexibility index (Phi) is 7.26. The maximum Gasteiger partial charge on any atom is 0.316 e. The Morgan fingerprint density at radius 1 is 1.09 bits per heavy atom. The molecule has 2 aliphatic rings. The Bertz CT molecular complexity index is 982. The van der Waals surface area contributed by atoms with E-state index < -0.39 is 11.1 Å². The molecule has 174 valence electrons. The summed E-state index contributed by atoms with van der Waals surface area (Å²) >= 11 is 0. The number of carbonyl (C=O) groups is 1. The molecule has 6 heteroatoms. The molecule has 1 fully saturated rings. The van der Waals surface area contributed by atoms with Crippen LogP contribution in [-0.4, -0.2) is 42.2 Å². The van der Waals surface area contributed by atoms with Gasteiger partial charge in [0.05, 0.1) is 12.0 Å². The van der Waals surface area contributed by atoms with Crippen LogP contribution in [0.15, 0.2) is 78.8 Å². The van der Waals surface area contributed by atoms with Gasteiger partial charge in [0.2, 0.25) is 0 Å². The van der Waals surface area contributed by atoms with E-state index in [0.29, 0.717) is 26.1 Å². The van der Waals surface area contributed by atoms with Crippen molar-refractivity contribution in [1.82, 2.24) is 15.2 Å². The van der Waals surface area contributed by atoms with Crippen molar-refractivity contribution in [2.24, 2.45) is 5.41 Å². The third-order valence-electron chi connectivity index (χ3n) is 6.58. The quantitative estimate of drug-likeness (QED) is 0.613. The largest absolute Gasteiger partial charge is 0.465 e. The van der Waals surface area contributed by atoms with E-state index in [9.17, 15) is 4.79 Å². The first-order chi connectivity index (χ1) is 16.1. The molecule has 33 heavy (non-hydrogen) atoms. The minimum atomic E-state index is -0.795. The molecular formula is C27H33N3O3. The Hall–Kier alpha value is -2.96. The van der Waals surface area contributed by atoms with Gasteiger partial charge in [-0.05, 0) is 63.1 Å². The second-order valence-electron chi connectivity index (χ2n) is 8.55. The summed E-state index contributed by atoms with van der Waals surface area (Å²) < 4.78 is 11.7. The summed E-state index contributed by atoms with van der Waals surface area (Å²) in [5, 5.41) is 3.44. The normalized spacial score (nSPS) is 22.3.